The van der Waals surface area contributed by atoms with E-state index in [4.69, 9.17) is 22.1 Å². The summed E-state index contributed by atoms with van der Waals surface area (Å²) in [5.74, 6) is -0.370. The van der Waals surface area contributed by atoms with Crippen molar-refractivity contribution < 1.29 is 9.53 Å². The van der Waals surface area contributed by atoms with Crippen LogP contribution in [0.5, 0.6) is 0 Å². The van der Waals surface area contributed by atoms with Crippen molar-refractivity contribution in [1.82, 2.24) is 0 Å². The number of anilines is 1. The normalized spacial score (nSPS) is 10.7. The van der Waals surface area contributed by atoms with E-state index in [2.05, 4.69) is 6.92 Å². The molecule has 23 heavy (non-hydrogen) atoms. The molecule has 0 saturated heterocycles. The van der Waals surface area contributed by atoms with E-state index < -0.39 is 0 Å². The first-order valence-corrected chi connectivity index (χ1v) is 9.25. The third kappa shape index (κ3) is 8.85. The van der Waals surface area contributed by atoms with E-state index in [1.54, 1.807) is 18.2 Å². The number of rotatable bonds is 12. The zero-order valence-electron chi connectivity index (χ0n) is 14.3. The fourth-order valence-electron chi connectivity index (χ4n) is 2.53. The molecular weight excluding hydrogens is 310 g/mol. The van der Waals surface area contributed by atoms with Crippen molar-refractivity contribution in [2.24, 2.45) is 0 Å². The van der Waals surface area contributed by atoms with Crippen LogP contribution in [0.1, 0.15) is 81.5 Å². The number of hydrogen-bond acceptors (Lipinski definition) is 3. The average molecular weight is 340 g/mol. The van der Waals surface area contributed by atoms with Crippen molar-refractivity contribution in [1.29, 1.82) is 0 Å². The molecule has 0 heterocycles. The van der Waals surface area contributed by atoms with Gasteiger partial charge in [-0.05, 0) is 24.6 Å². The maximum atomic E-state index is 11.9. The molecule has 0 fully saturated rings. The minimum atomic E-state index is -0.370. The van der Waals surface area contributed by atoms with E-state index in [1.165, 1.54) is 51.4 Å². The molecule has 0 aliphatic rings. The highest BCUT2D eigenvalue weighted by molar-refractivity contribution is 6.33. The first-order valence-electron chi connectivity index (χ1n) is 8.87. The molecular formula is C19H30ClNO2. The minimum absolute atomic E-state index is 0.345. The van der Waals surface area contributed by atoms with Gasteiger partial charge in [0.05, 0.1) is 17.2 Å². The largest absolute Gasteiger partial charge is 0.462 e. The van der Waals surface area contributed by atoms with Gasteiger partial charge in [-0.3, -0.25) is 0 Å². The number of hydrogen-bond donors (Lipinski definition) is 1. The molecule has 4 heteroatoms. The Balaban J connectivity index is 2.01. The lowest BCUT2D eigenvalue weighted by molar-refractivity contribution is 0.0498. The molecule has 1 rings (SSSR count). The number of unbranched alkanes of at least 4 members (excludes halogenated alkanes) is 9. The number of nitrogens with two attached hydrogens (primary N) is 1. The Bertz CT molecular complexity index is 463. The zero-order chi connectivity index (χ0) is 16.9. The Hall–Kier alpha value is -1.22. The lowest BCUT2D eigenvalue weighted by Gasteiger charge is -2.07. The van der Waals surface area contributed by atoms with E-state index in [0.717, 1.165) is 12.8 Å². The van der Waals surface area contributed by atoms with Crippen molar-refractivity contribution >= 4 is 23.3 Å². The molecule has 1 aromatic carbocycles. The first kappa shape index (κ1) is 19.8. The van der Waals surface area contributed by atoms with Gasteiger partial charge < -0.3 is 10.5 Å². The summed E-state index contributed by atoms with van der Waals surface area (Å²) < 4.78 is 5.26. The highest BCUT2D eigenvalue weighted by Crippen LogP contribution is 2.20. The van der Waals surface area contributed by atoms with Crippen molar-refractivity contribution in [2.45, 2.75) is 71.1 Å². The summed E-state index contributed by atoms with van der Waals surface area (Å²) in [6, 6.07) is 4.83. The van der Waals surface area contributed by atoms with E-state index in [0.29, 0.717) is 22.9 Å². The molecule has 0 radical (unpaired) electrons. The van der Waals surface area contributed by atoms with Gasteiger partial charge in [-0.2, -0.15) is 0 Å². The van der Waals surface area contributed by atoms with Crippen molar-refractivity contribution in [3.05, 3.63) is 28.8 Å². The Labute approximate surface area is 145 Å². The summed E-state index contributed by atoms with van der Waals surface area (Å²) in [4.78, 5) is 11.9. The van der Waals surface area contributed by atoms with Gasteiger partial charge in [0.25, 0.3) is 0 Å². The summed E-state index contributed by atoms with van der Waals surface area (Å²) in [6.07, 6.45) is 12.6. The van der Waals surface area contributed by atoms with Gasteiger partial charge in [0, 0.05) is 5.69 Å². The van der Waals surface area contributed by atoms with Crippen LogP contribution >= 0.6 is 11.6 Å². The van der Waals surface area contributed by atoms with Crippen LogP contribution in [0.25, 0.3) is 0 Å². The molecule has 0 aliphatic heterocycles. The summed E-state index contributed by atoms with van der Waals surface area (Å²) in [7, 11) is 0. The predicted molar refractivity (Wildman–Crippen MR) is 98.0 cm³/mol. The average Bonchev–Trinajstić information content (AvgIpc) is 2.52. The SMILES string of the molecule is CCCCCCCCCCCCOC(=O)c1ccc(N)cc1Cl. The van der Waals surface area contributed by atoms with Crippen molar-refractivity contribution in [3.63, 3.8) is 0 Å². The number of carbonyl (C=O) groups is 1. The van der Waals surface area contributed by atoms with Gasteiger partial charge in [-0.25, -0.2) is 4.79 Å². The van der Waals surface area contributed by atoms with E-state index >= 15 is 0 Å². The number of ether oxygens (including phenoxy) is 1. The number of esters is 1. The molecule has 0 aromatic heterocycles. The van der Waals surface area contributed by atoms with Gasteiger partial charge in [0.2, 0.25) is 0 Å². The fraction of sp³-hybridized carbons (Fsp3) is 0.632. The Morgan fingerprint density at radius 1 is 1.00 bits per heavy atom. The quantitative estimate of drug-likeness (QED) is 0.288. The molecule has 1 aromatic rings. The Morgan fingerprint density at radius 3 is 2.13 bits per heavy atom. The standard InChI is InChI=1S/C19H30ClNO2/c1-2-3-4-5-6-7-8-9-10-11-14-23-19(22)17-13-12-16(21)15-18(17)20/h12-13,15H,2-11,14,21H2,1H3. The van der Waals surface area contributed by atoms with Crippen molar-refractivity contribution in [3.8, 4) is 0 Å². The summed E-state index contributed by atoms with van der Waals surface area (Å²) >= 11 is 5.99. The minimum Gasteiger partial charge on any atom is -0.462 e. The second-order valence-corrected chi connectivity index (χ2v) is 6.46. The van der Waals surface area contributed by atoms with E-state index in [-0.39, 0.29) is 5.97 Å². The van der Waals surface area contributed by atoms with Gasteiger partial charge >= 0.3 is 5.97 Å². The lowest BCUT2D eigenvalue weighted by Crippen LogP contribution is -2.07. The highest BCUT2D eigenvalue weighted by atomic mass is 35.5. The van der Waals surface area contributed by atoms with Crippen LogP contribution in [-0.2, 0) is 4.74 Å². The molecule has 0 atom stereocenters. The van der Waals surface area contributed by atoms with E-state index in [9.17, 15) is 4.79 Å². The van der Waals surface area contributed by atoms with Gasteiger partial charge in [-0.15, -0.1) is 0 Å². The van der Waals surface area contributed by atoms with Crippen LogP contribution < -0.4 is 5.73 Å². The second-order valence-electron chi connectivity index (χ2n) is 6.06. The molecule has 0 spiro atoms. The third-order valence-electron chi connectivity index (χ3n) is 3.94. The summed E-state index contributed by atoms with van der Waals surface area (Å²) in [6.45, 7) is 2.70. The first-order chi connectivity index (χ1) is 11.1. The third-order valence-corrected chi connectivity index (χ3v) is 4.26. The van der Waals surface area contributed by atoms with Gasteiger partial charge in [0.1, 0.15) is 0 Å². The molecule has 0 aliphatic carbocycles. The van der Waals surface area contributed by atoms with Crippen LogP contribution in [0.3, 0.4) is 0 Å². The fourth-order valence-corrected chi connectivity index (χ4v) is 2.80. The molecule has 3 nitrogen and oxygen atoms in total. The molecule has 0 unspecified atom stereocenters. The van der Waals surface area contributed by atoms with Crippen LogP contribution in [-0.4, -0.2) is 12.6 Å². The molecule has 2 N–H and O–H groups in total. The zero-order valence-corrected chi connectivity index (χ0v) is 15.0. The molecule has 0 bridgehead atoms. The monoisotopic (exact) mass is 339 g/mol. The van der Waals surface area contributed by atoms with Crippen LogP contribution in [0.15, 0.2) is 18.2 Å². The maximum absolute atomic E-state index is 11.9. The maximum Gasteiger partial charge on any atom is 0.339 e. The summed E-state index contributed by atoms with van der Waals surface area (Å²) in [5.41, 5.74) is 6.53. The lowest BCUT2D eigenvalue weighted by atomic mass is 10.1. The molecule has 0 saturated carbocycles. The topological polar surface area (TPSA) is 52.3 Å². The molecule has 0 amide bonds. The highest BCUT2D eigenvalue weighted by Gasteiger charge is 2.11. The van der Waals surface area contributed by atoms with Crippen LogP contribution in [0.4, 0.5) is 5.69 Å². The van der Waals surface area contributed by atoms with Gasteiger partial charge in [-0.1, -0.05) is 76.3 Å². The smallest absolute Gasteiger partial charge is 0.339 e. The second kappa shape index (κ2) is 12.2. The number of halogens is 1. The summed E-state index contributed by atoms with van der Waals surface area (Å²) in [5, 5.41) is 0.345. The van der Waals surface area contributed by atoms with Gasteiger partial charge in [0.15, 0.2) is 0 Å². The number of benzene rings is 1. The Kier molecular flexibility index (Phi) is 10.5. The van der Waals surface area contributed by atoms with Crippen molar-refractivity contribution in [2.75, 3.05) is 12.3 Å². The van der Waals surface area contributed by atoms with Crippen LogP contribution in [0.2, 0.25) is 5.02 Å². The van der Waals surface area contributed by atoms with E-state index in [1.807, 2.05) is 0 Å². The predicted octanol–water partition coefficient (Wildman–Crippen LogP) is 6.00. The Morgan fingerprint density at radius 2 is 1.57 bits per heavy atom. The van der Waals surface area contributed by atoms with Crippen LogP contribution in [0, 0.1) is 0 Å². The number of carbonyl (C=O) groups excluding carboxylic acids is 1. The molecule has 130 valence electrons. The number of nitrogen functional groups attached to an aromatic ring is 1.